The number of carbonyl (C=O) groups is 3. The summed E-state index contributed by atoms with van der Waals surface area (Å²) in [5.74, 6) is -1.04. The quantitative estimate of drug-likeness (QED) is 0.219. The maximum absolute atomic E-state index is 14.1. The summed E-state index contributed by atoms with van der Waals surface area (Å²) < 4.78 is 100. The van der Waals surface area contributed by atoms with Gasteiger partial charge in [0.1, 0.15) is 5.82 Å². The molecule has 0 aromatic heterocycles. The highest BCUT2D eigenvalue weighted by Gasteiger charge is 2.41. The summed E-state index contributed by atoms with van der Waals surface area (Å²) in [5.41, 5.74) is -2.26. The Hall–Kier alpha value is -3.84. The molecule has 2 aromatic rings. The number of amides is 3. The zero-order valence-electron chi connectivity index (χ0n) is 27.3. The van der Waals surface area contributed by atoms with Crippen molar-refractivity contribution in [2.75, 3.05) is 33.3 Å². The second kappa shape index (κ2) is 14.7. The van der Waals surface area contributed by atoms with Crippen molar-refractivity contribution >= 4 is 17.9 Å². The molecule has 0 bridgehead atoms. The van der Waals surface area contributed by atoms with Crippen LogP contribution in [0, 0.1) is 24.6 Å². The molecule has 2 aliphatic rings. The highest BCUT2D eigenvalue weighted by atomic mass is 19.4. The zero-order chi connectivity index (χ0) is 35.6. The molecular weight excluding hydrogens is 647 g/mol. The maximum Gasteiger partial charge on any atom is 0.416 e. The Balaban J connectivity index is 1.56. The van der Waals surface area contributed by atoms with Gasteiger partial charge in [-0.05, 0) is 99.4 Å². The first kappa shape index (κ1) is 37.0. The Bertz CT molecular complexity index is 1460. The van der Waals surface area contributed by atoms with Crippen LogP contribution in [0.15, 0.2) is 36.4 Å². The van der Waals surface area contributed by atoms with Crippen LogP contribution < -0.4 is 0 Å². The Morgan fingerprint density at radius 3 is 2.08 bits per heavy atom. The van der Waals surface area contributed by atoms with Crippen LogP contribution in [-0.4, -0.2) is 65.9 Å². The van der Waals surface area contributed by atoms with Gasteiger partial charge in [-0.3, -0.25) is 9.59 Å². The van der Waals surface area contributed by atoms with E-state index in [2.05, 4.69) is 0 Å². The molecule has 48 heavy (non-hydrogen) atoms. The molecule has 2 atom stereocenters. The van der Waals surface area contributed by atoms with Crippen LogP contribution in [0.4, 0.5) is 35.5 Å². The largest absolute Gasteiger partial charge is 0.466 e. The molecule has 0 N–H and O–H groups in total. The Kier molecular flexibility index (Phi) is 11.4. The van der Waals surface area contributed by atoms with Crippen molar-refractivity contribution in [3.05, 3.63) is 70.0 Å². The number of hydrogen-bond donors (Lipinski definition) is 0. The molecule has 2 fully saturated rings. The van der Waals surface area contributed by atoms with E-state index in [1.165, 1.54) is 37.1 Å². The summed E-state index contributed by atoms with van der Waals surface area (Å²) in [5, 5.41) is 0. The van der Waals surface area contributed by atoms with E-state index in [0.29, 0.717) is 62.0 Å². The number of ether oxygens (including phenoxy) is 1. The molecule has 3 amide bonds. The van der Waals surface area contributed by atoms with Gasteiger partial charge in [-0.25, -0.2) is 9.18 Å². The summed E-state index contributed by atoms with van der Waals surface area (Å²) >= 11 is 0. The molecule has 4 rings (SSSR count). The molecule has 264 valence electrons. The van der Waals surface area contributed by atoms with Crippen LogP contribution in [-0.2, 0) is 26.7 Å². The van der Waals surface area contributed by atoms with Crippen molar-refractivity contribution in [1.29, 1.82) is 0 Å². The smallest absolute Gasteiger partial charge is 0.416 e. The van der Waals surface area contributed by atoms with Crippen LogP contribution in [0.2, 0.25) is 0 Å². The number of hydrogen-bond acceptors (Lipinski definition) is 4. The van der Waals surface area contributed by atoms with Gasteiger partial charge < -0.3 is 19.4 Å². The second-order valence-corrected chi connectivity index (χ2v) is 12.6. The number of benzene rings is 2. The lowest BCUT2D eigenvalue weighted by Crippen LogP contribution is -2.56. The molecule has 1 aliphatic carbocycles. The Morgan fingerprint density at radius 1 is 0.938 bits per heavy atom. The molecule has 1 aliphatic heterocycles. The molecule has 0 radical (unpaired) electrons. The van der Waals surface area contributed by atoms with Gasteiger partial charge in [0.05, 0.1) is 29.8 Å². The summed E-state index contributed by atoms with van der Waals surface area (Å²) in [7, 11) is 1.29. The topological polar surface area (TPSA) is 70.2 Å². The van der Waals surface area contributed by atoms with Gasteiger partial charge in [0.15, 0.2) is 0 Å². The Morgan fingerprint density at radius 2 is 1.54 bits per heavy atom. The lowest BCUT2D eigenvalue weighted by atomic mass is 9.79. The first-order valence-electron chi connectivity index (χ1n) is 15.9. The fourth-order valence-corrected chi connectivity index (χ4v) is 6.63. The second-order valence-electron chi connectivity index (χ2n) is 12.6. The third-order valence-corrected chi connectivity index (χ3v) is 9.46. The first-order chi connectivity index (χ1) is 22.4. The number of urea groups is 1. The van der Waals surface area contributed by atoms with Gasteiger partial charge in [-0.1, -0.05) is 6.07 Å². The molecule has 7 nitrogen and oxygen atoms in total. The third-order valence-electron chi connectivity index (χ3n) is 9.46. The molecule has 2 aromatic carbocycles. The lowest BCUT2D eigenvalue weighted by Gasteiger charge is -2.45. The zero-order valence-corrected chi connectivity index (χ0v) is 27.3. The predicted molar refractivity (Wildman–Crippen MR) is 162 cm³/mol. The first-order valence-corrected chi connectivity index (χ1v) is 15.9. The van der Waals surface area contributed by atoms with Gasteiger partial charge in [0, 0.05) is 39.0 Å². The van der Waals surface area contributed by atoms with E-state index in [1.807, 2.05) is 0 Å². The number of aryl methyl sites for hydroxylation is 1. The van der Waals surface area contributed by atoms with Gasteiger partial charge in [-0.2, -0.15) is 26.3 Å². The lowest BCUT2D eigenvalue weighted by molar-refractivity contribution is -0.145. The number of nitrogens with zero attached hydrogens (tertiary/aromatic N) is 3. The van der Waals surface area contributed by atoms with Crippen molar-refractivity contribution in [3.63, 3.8) is 0 Å². The fourth-order valence-electron chi connectivity index (χ4n) is 6.63. The molecule has 1 saturated heterocycles. The Labute approximate surface area is 275 Å². The van der Waals surface area contributed by atoms with Gasteiger partial charge in [-0.15, -0.1) is 0 Å². The van der Waals surface area contributed by atoms with E-state index < -0.39 is 47.4 Å². The minimum atomic E-state index is -5.05. The van der Waals surface area contributed by atoms with Crippen LogP contribution in [0.25, 0.3) is 0 Å². The molecule has 1 saturated carbocycles. The predicted octanol–water partition coefficient (Wildman–Crippen LogP) is 7.93. The highest BCUT2D eigenvalue weighted by Crippen LogP contribution is 2.39. The highest BCUT2D eigenvalue weighted by molar-refractivity contribution is 5.80. The fraction of sp³-hybridized carbons (Fsp3) is 0.559. The minimum absolute atomic E-state index is 0.0255. The van der Waals surface area contributed by atoms with Crippen LogP contribution in [0.3, 0.4) is 0 Å². The molecule has 14 heteroatoms. The maximum atomic E-state index is 14.1. The monoisotopic (exact) mass is 687 g/mol. The van der Waals surface area contributed by atoms with E-state index in [9.17, 15) is 45.1 Å². The number of carbonyl (C=O) groups excluding carboxylic acids is 3. The average Bonchev–Trinajstić information content (AvgIpc) is 3.02. The average molecular weight is 688 g/mol. The van der Waals surface area contributed by atoms with Crippen molar-refractivity contribution in [2.24, 2.45) is 11.8 Å². The van der Waals surface area contributed by atoms with Crippen LogP contribution in [0.1, 0.15) is 85.9 Å². The summed E-state index contributed by atoms with van der Waals surface area (Å²) in [4.78, 5) is 43.7. The number of esters is 1. The van der Waals surface area contributed by atoms with Crippen molar-refractivity contribution in [1.82, 2.24) is 14.7 Å². The van der Waals surface area contributed by atoms with E-state index in [0.717, 1.165) is 4.90 Å². The normalized spacial score (nSPS) is 21.1. The van der Waals surface area contributed by atoms with Gasteiger partial charge in [0.2, 0.25) is 5.91 Å². The molecule has 0 unspecified atom stereocenters. The SMILES string of the molecule is CCOC(=O)CC1CCC(C(=O)N2CCN(C(=O)N(C)[C@H](C)c3cc(C(F)(F)F)cc(C(F)(F)F)c3)[C@@H](c3ccc(F)cc3C)C2)CC1. The van der Waals surface area contributed by atoms with Crippen LogP contribution >= 0.6 is 0 Å². The molecule has 0 spiro atoms. The van der Waals surface area contributed by atoms with Gasteiger partial charge >= 0.3 is 24.4 Å². The molecular formula is C34H40F7N3O4. The van der Waals surface area contributed by atoms with Crippen molar-refractivity contribution in [3.8, 4) is 0 Å². The summed E-state index contributed by atoms with van der Waals surface area (Å²) in [6.45, 7) is 5.26. The number of alkyl halides is 6. The molecule has 1 heterocycles. The number of rotatable bonds is 7. The standard InChI is InChI=1S/C34H40F7N3O4/c1-5-48-30(45)15-22-6-8-23(9-7-22)31(46)43-12-13-44(29(19-43)28-11-10-27(35)14-20(28)2)32(47)42(4)21(3)24-16-25(33(36,37)38)18-26(17-24)34(39,40)41/h10-11,14,16-18,21-23,29H,5-9,12-13,15,19H2,1-4H3/t21-,22?,23?,29-/m1/s1. The van der Waals surface area contributed by atoms with Crippen molar-refractivity contribution in [2.45, 2.75) is 77.3 Å². The van der Waals surface area contributed by atoms with E-state index in [1.54, 1.807) is 18.7 Å². The minimum Gasteiger partial charge on any atom is -0.466 e. The summed E-state index contributed by atoms with van der Waals surface area (Å²) in [6.07, 6.45) is -7.27. The van der Waals surface area contributed by atoms with E-state index >= 15 is 0 Å². The number of piperazine rings is 1. The van der Waals surface area contributed by atoms with Gasteiger partial charge in [0.25, 0.3) is 0 Å². The summed E-state index contributed by atoms with van der Waals surface area (Å²) in [6, 6.07) is 2.63. The van der Waals surface area contributed by atoms with Crippen molar-refractivity contribution < 1.29 is 49.9 Å². The third kappa shape index (κ3) is 8.59. The van der Waals surface area contributed by atoms with Crippen LogP contribution in [0.5, 0.6) is 0 Å². The number of halogens is 7. The van der Waals surface area contributed by atoms with E-state index in [4.69, 9.17) is 4.74 Å². The van der Waals surface area contributed by atoms with E-state index in [-0.39, 0.29) is 55.0 Å².